The highest BCUT2D eigenvalue weighted by atomic mass is 35.5. The van der Waals surface area contributed by atoms with E-state index in [0.717, 1.165) is 11.4 Å². The molecular weight excluding hydrogens is 282 g/mol. The summed E-state index contributed by atoms with van der Waals surface area (Å²) in [6.45, 7) is 2.95. The van der Waals surface area contributed by atoms with Crippen LogP contribution in [0.4, 0.5) is 0 Å². The average Bonchev–Trinajstić information content (AvgIpc) is 2.85. The molecule has 8 heteroatoms. The molecule has 1 aromatic heterocycles. The van der Waals surface area contributed by atoms with E-state index in [1.807, 2.05) is 14.0 Å². The van der Waals surface area contributed by atoms with Gasteiger partial charge in [-0.05, 0) is 20.4 Å². The van der Waals surface area contributed by atoms with E-state index < -0.39 is 10.0 Å². The van der Waals surface area contributed by atoms with Gasteiger partial charge in [0.2, 0.25) is 0 Å². The van der Waals surface area contributed by atoms with Crippen molar-refractivity contribution < 1.29 is 8.42 Å². The molecule has 5 nitrogen and oxygen atoms in total. The fraction of sp³-hybridized carbons (Fsp3) is 0.667. The number of aryl methyl sites for hydroxylation is 1. The van der Waals surface area contributed by atoms with Crippen LogP contribution < -0.4 is 5.32 Å². The number of sulfonamides is 1. The molecule has 0 radical (unpaired) electrons. The van der Waals surface area contributed by atoms with Gasteiger partial charge in [-0.3, -0.25) is 0 Å². The molecule has 0 aromatic carbocycles. The Balaban J connectivity index is 0.00000144. The highest BCUT2D eigenvalue weighted by molar-refractivity contribution is 7.91. The number of hydrogen-bond acceptors (Lipinski definition) is 5. The fourth-order valence-electron chi connectivity index (χ4n) is 1.77. The summed E-state index contributed by atoms with van der Waals surface area (Å²) in [5.41, 5.74) is 0. The Labute approximate surface area is 112 Å². The van der Waals surface area contributed by atoms with Gasteiger partial charge < -0.3 is 5.32 Å². The summed E-state index contributed by atoms with van der Waals surface area (Å²) >= 11 is 1.23. The minimum absolute atomic E-state index is 0. The van der Waals surface area contributed by atoms with E-state index in [-0.39, 0.29) is 18.4 Å². The van der Waals surface area contributed by atoms with Crippen LogP contribution in [0.2, 0.25) is 0 Å². The van der Waals surface area contributed by atoms with Crippen LogP contribution in [-0.2, 0) is 10.0 Å². The molecule has 17 heavy (non-hydrogen) atoms. The van der Waals surface area contributed by atoms with Gasteiger partial charge in [0.1, 0.15) is 0 Å². The Morgan fingerprint density at radius 1 is 1.59 bits per heavy atom. The molecular formula is C9H16ClN3O2S2. The first-order valence-corrected chi connectivity index (χ1v) is 7.39. The average molecular weight is 298 g/mol. The van der Waals surface area contributed by atoms with E-state index in [0.29, 0.717) is 17.3 Å². The molecule has 2 rings (SSSR count). The van der Waals surface area contributed by atoms with Crippen molar-refractivity contribution in [3.8, 4) is 0 Å². The van der Waals surface area contributed by atoms with E-state index in [1.165, 1.54) is 21.8 Å². The summed E-state index contributed by atoms with van der Waals surface area (Å²) in [7, 11) is -1.45. The first kappa shape index (κ1) is 14.8. The largest absolute Gasteiger partial charge is 0.316 e. The maximum atomic E-state index is 12.2. The van der Waals surface area contributed by atoms with Crippen molar-refractivity contribution in [1.29, 1.82) is 0 Å². The van der Waals surface area contributed by atoms with Crippen molar-refractivity contribution >= 4 is 33.8 Å². The van der Waals surface area contributed by atoms with Crippen molar-refractivity contribution in [3.05, 3.63) is 11.2 Å². The number of nitrogens with zero attached hydrogens (tertiary/aromatic N) is 2. The molecule has 1 saturated heterocycles. The lowest BCUT2D eigenvalue weighted by Gasteiger charge is -2.14. The predicted octanol–water partition coefficient (Wildman–Crippen LogP) is 0.856. The molecule has 0 aliphatic carbocycles. The normalized spacial score (nSPS) is 21.4. The summed E-state index contributed by atoms with van der Waals surface area (Å²) in [5, 5.41) is 3.88. The molecule has 0 amide bonds. The van der Waals surface area contributed by atoms with Crippen LogP contribution in [-0.4, -0.2) is 43.9 Å². The Morgan fingerprint density at radius 3 is 2.76 bits per heavy atom. The maximum Gasteiger partial charge on any atom is 0.254 e. The van der Waals surface area contributed by atoms with E-state index in [1.54, 1.807) is 0 Å². The van der Waals surface area contributed by atoms with Crippen molar-refractivity contribution in [3.63, 3.8) is 0 Å². The second-order valence-corrected chi connectivity index (χ2v) is 7.24. The lowest BCUT2D eigenvalue weighted by Crippen LogP contribution is -2.33. The Morgan fingerprint density at radius 2 is 2.29 bits per heavy atom. The zero-order valence-electron chi connectivity index (χ0n) is 9.71. The summed E-state index contributed by atoms with van der Waals surface area (Å²) in [5.74, 6) is 0. The van der Waals surface area contributed by atoms with Gasteiger partial charge in [0.25, 0.3) is 10.0 Å². The summed E-state index contributed by atoms with van der Waals surface area (Å²) in [6.07, 6.45) is 2.32. The summed E-state index contributed by atoms with van der Waals surface area (Å²) < 4.78 is 26.2. The molecule has 98 valence electrons. The second kappa shape index (κ2) is 5.62. The third kappa shape index (κ3) is 2.97. The van der Waals surface area contributed by atoms with E-state index in [4.69, 9.17) is 0 Å². The van der Waals surface area contributed by atoms with Crippen LogP contribution in [0, 0.1) is 6.92 Å². The van der Waals surface area contributed by atoms with Gasteiger partial charge in [0, 0.05) is 19.1 Å². The quantitative estimate of drug-likeness (QED) is 0.899. The fourth-order valence-corrected chi connectivity index (χ4v) is 4.53. The van der Waals surface area contributed by atoms with Crippen LogP contribution >= 0.6 is 23.7 Å². The third-order valence-electron chi connectivity index (χ3n) is 2.75. The topological polar surface area (TPSA) is 62.3 Å². The van der Waals surface area contributed by atoms with Crippen LogP contribution in [0.1, 0.15) is 11.4 Å². The summed E-state index contributed by atoms with van der Waals surface area (Å²) in [4.78, 5) is 3.99. The van der Waals surface area contributed by atoms with Gasteiger partial charge in [-0.2, -0.15) is 4.31 Å². The number of likely N-dealkylation sites (N-methyl/N-ethyl adjacent to an activating group) is 1. The molecule has 0 saturated carbocycles. The Hall–Kier alpha value is -0.210. The molecule has 0 bridgehead atoms. The smallest absolute Gasteiger partial charge is 0.254 e. The predicted molar refractivity (Wildman–Crippen MR) is 70.3 cm³/mol. The van der Waals surface area contributed by atoms with Crippen molar-refractivity contribution in [2.75, 3.05) is 20.1 Å². The number of nitrogens with one attached hydrogen (secondary N) is 1. The molecule has 1 N–H and O–H groups in total. The number of rotatable bonds is 3. The monoisotopic (exact) mass is 297 g/mol. The molecule has 1 aliphatic heterocycles. The minimum Gasteiger partial charge on any atom is -0.316 e. The van der Waals surface area contributed by atoms with Gasteiger partial charge in [-0.25, -0.2) is 13.4 Å². The van der Waals surface area contributed by atoms with Gasteiger partial charge in [0.05, 0.1) is 11.2 Å². The van der Waals surface area contributed by atoms with E-state index >= 15 is 0 Å². The molecule has 1 atom stereocenters. The van der Waals surface area contributed by atoms with Crippen molar-refractivity contribution in [2.24, 2.45) is 0 Å². The number of hydrogen-bond donors (Lipinski definition) is 1. The van der Waals surface area contributed by atoms with Gasteiger partial charge in [0.15, 0.2) is 4.21 Å². The highest BCUT2D eigenvalue weighted by Crippen LogP contribution is 2.25. The molecule has 1 fully saturated rings. The maximum absolute atomic E-state index is 12.2. The first-order valence-electron chi connectivity index (χ1n) is 5.14. The lowest BCUT2D eigenvalue weighted by atomic mass is 10.3. The Kier molecular flexibility index (Phi) is 4.91. The number of halogens is 1. The standard InChI is InChI=1S/C9H15N3O2S2.ClH/c1-7-11-5-9(15-7)16(13,14)12-4-3-8(6-12)10-2;/h5,8,10H,3-4,6H2,1-2H3;1H. The van der Waals surface area contributed by atoms with Gasteiger partial charge in [-0.1, -0.05) is 0 Å². The lowest BCUT2D eigenvalue weighted by molar-refractivity contribution is 0.466. The molecule has 1 aliphatic rings. The van der Waals surface area contributed by atoms with Crippen LogP contribution in [0.15, 0.2) is 10.4 Å². The third-order valence-corrected chi connectivity index (χ3v) is 5.97. The highest BCUT2D eigenvalue weighted by Gasteiger charge is 2.32. The minimum atomic E-state index is -3.31. The van der Waals surface area contributed by atoms with Crippen LogP contribution in [0.3, 0.4) is 0 Å². The molecule has 1 aromatic rings. The molecule has 2 heterocycles. The number of thiazole rings is 1. The summed E-state index contributed by atoms with van der Waals surface area (Å²) in [6, 6.07) is 0.267. The zero-order valence-corrected chi connectivity index (χ0v) is 12.2. The van der Waals surface area contributed by atoms with Crippen molar-refractivity contribution in [1.82, 2.24) is 14.6 Å². The zero-order chi connectivity index (χ0) is 11.8. The van der Waals surface area contributed by atoms with Crippen LogP contribution in [0.25, 0.3) is 0 Å². The van der Waals surface area contributed by atoms with E-state index in [9.17, 15) is 8.42 Å². The Bertz CT molecular complexity index is 474. The van der Waals surface area contributed by atoms with Gasteiger partial charge >= 0.3 is 0 Å². The number of aromatic nitrogens is 1. The van der Waals surface area contributed by atoms with Crippen molar-refractivity contribution in [2.45, 2.75) is 23.6 Å². The SMILES string of the molecule is CNC1CCN(S(=O)(=O)c2cnc(C)s2)C1.Cl. The van der Waals surface area contributed by atoms with Gasteiger partial charge in [-0.15, -0.1) is 23.7 Å². The molecule has 0 spiro atoms. The second-order valence-electron chi connectivity index (χ2n) is 3.84. The van der Waals surface area contributed by atoms with Crippen LogP contribution in [0.5, 0.6) is 0 Å². The first-order chi connectivity index (χ1) is 7.54. The molecule has 1 unspecified atom stereocenters. The van der Waals surface area contributed by atoms with E-state index in [2.05, 4.69) is 10.3 Å².